The summed E-state index contributed by atoms with van der Waals surface area (Å²) < 4.78 is 13.3. The van der Waals surface area contributed by atoms with E-state index in [9.17, 15) is 4.39 Å². The third kappa shape index (κ3) is 3.21. The molecule has 15 heavy (non-hydrogen) atoms. The Morgan fingerprint density at radius 3 is 2.73 bits per heavy atom. The van der Waals surface area contributed by atoms with Crippen molar-refractivity contribution in [2.45, 2.75) is 6.92 Å². The summed E-state index contributed by atoms with van der Waals surface area (Å²) >= 11 is 5.72. The zero-order valence-corrected chi connectivity index (χ0v) is 8.79. The number of nitrogens with zero attached hydrogens (tertiary/aromatic N) is 2. The summed E-state index contributed by atoms with van der Waals surface area (Å²) in [5.41, 5.74) is 11.1. The van der Waals surface area contributed by atoms with Crippen LogP contribution in [0.4, 0.5) is 4.39 Å². The van der Waals surface area contributed by atoms with E-state index < -0.39 is 5.82 Å². The van der Waals surface area contributed by atoms with Crippen LogP contribution in [0.3, 0.4) is 0 Å². The highest BCUT2D eigenvalue weighted by molar-refractivity contribution is 6.31. The standard InChI is InChI=1S/C9H10ClFN4/c1-5-2-6(4-14-15-9(12)13)8(11)3-7(5)10/h2-4H,1H3,(H4,12,13,15). The minimum absolute atomic E-state index is 0.183. The van der Waals surface area contributed by atoms with Gasteiger partial charge in [-0.05, 0) is 24.6 Å². The van der Waals surface area contributed by atoms with Gasteiger partial charge in [0.25, 0.3) is 0 Å². The number of nitrogens with two attached hydrogens (primary N) is 2. The molecule has 0 fully saturated rings. The van der Waals surface area contributed by atoms with Gasteiger partial charge in [0.1, 0.15) is 5.82 Å². The van der Waals surface area contributed by atoms with Gasteiger partial charge in [-0.2, -0.15) is 5.10 Å². The van der Waals surface area contributed by atoms with E-state index in [1.165, 1.54) is 12.3 Å². The van der Waals surface area contributed by atoms with Crippen LogP contribution in [0.2, 0.25) is 5.02 Å². The number of guanidine groups is 1. The lowest BCUT2D eigenvalue weighted by atomic mass is 10.1. The minimum Gasteiger partial charge on any atom is -0.369 e. The third-order valence-corrected chi connectivity index (χ3v) is 2.06. The molecule has 0 unspecified atom stereocenters. The van der Waals surface area contributed by atoms with Crippen LogP contribution < -0.4 is 11.5 Å². The number of hydrogen-bond donors (Lipinski definition) is 2. The Morgan fingerprint density at radius 2 is 2.13 bits per heavy atom. The Bertz CT molecular complexity index is 424. The number of hydrogen-bond acceptors (Lipinski definition) is 2. The second-order valence-corrected chi connectivity index (χ2v) is 3.30. The molecule has 0 spiro atoms. The first-order chi connectivity index (χ1) is 7.00. The van der Waals surface area contributed by atoms with Gasteiger partial charge in [0.05, 0.1) is 6.21 Å². The maximum atomic E-state index is 13.3. The Morgan fingerprint density at radius 1 is 1.47 bits per heavy atom. The summed E-state index contributed by atoms with van der Waals surface area (Å²) in [5.74, 6) is -0.655. The molecule has 0 bridgehead atoms. The minimum atomic E-state index is -0.472. The predicted octanol–water partition coefficient (Wildman–Crippen LogP) is 1.39. The monoisotopic (exact) mass is 228 g/mol. The summed E-state index contributed by atoms with van der Waals surface area (Å²) in [6, 6.07) is 2.77. The molecule has 0 atom stereocenters. The number of rotatable bonds is 2. The second kappa shape index (κ2) is 4.75. The molecule has 0 aromatic heterocycles. The van der Waals surface area contributed by atoms with Gasteiger partial charge in [-0.3, -0.25) is 0 Å². The molecule has 0 aliphatic carbocycles. The molecular formula is C9H10ClFN4. The topological polar surface area (TPSA) is 76.8 Å². The van der Waals surface area contributed by atoms with Crippen molar-refractivity contribution in [3.63, 3.8) is 0 Å². The van der Waals surface area contributed by atoms with Crippen LogP contribution in [0.15, 0.2) is 22.3 Å². The summed E-state index contributed by atoms with van der Waals surface area (Å²) in [4.78, 5) is 0. The maximum absolute atomic E-state index is 13.3. The Labute approximate surface area is 91.4 Å². The molecule has 80 valence electrons. The molecule has 0 saturated carbocycles. The average molecular weight is 229 g/mol. The van der Waals surface area contributed by atoms with E-state index in [-0.39, 0.29) is 11.5 Å². The first-order valence-electron chi connectivity index (χ1n) is 4.08. The molecule has 0 saturated heterocycles. The van der Waals surface area contributed by atoms with Crippen LogP contribution >= 0.6 is 11.6 Å². The normalized spacial score (nSPS) is 10.6. The quantitative estimate of drug-likeness (QED) is 0.456. The van der Waals surface area contributed by atoms with Crippen molar-refractivity contribution >= 4 is 23.8 Å². The lowest BCUT2D eigenvalue weighted by Gasteiger charge is -2.00. The van der Waals surface area contributed by atoms with E-state index in [1.54, 1.807) is 13.0 Å². The Hall–Kier alpha value is -1.62. The molecule has 4 N–H and O–H groups in total. The van der Waals surface area contributed by atoms with Crippen LogP contribution in [-0.2, 0) is 0 Å². The molecule has 0 radical (unpaired) electrons. The fourth-order valence-corrected chi connectivity index (χ4v) is 1.09. The molecule has 1 aromatic carbocycles. The van der Waals surface area contributed by atoms with Crippen LogP contribution in [0.5, 0.6) is 0 Å². The van der Waals surface area contributed by atoms with Crippen LogP contribution in [0.25, 0.3) is 0 Å². The summed E-state index contributed by atoms with van der Waals surface area (Å²) in [7, 11) is 0. The van der Waals surface area contributed by atoms with E-state index in [0.29, 0.717) is 5.02 Å². The second-order valence-electron chi connectivity index (χ2n) is 2.89. The van der Waals surface area contributed by atoms with Gasteiger partial charge in [-0.15, -0.1) is 5.10 Å². The van der Waals surface area contributed by atoms with Crippen molar-refractivity contribution in [1.29, 1.82) is 0 Å². The van der Waals surface area contributed by atoms with E-state index in [4.69, 9.17) is 23.1 Å². The van der Waals surface area contributed by atoms with Gasteiger partial charge in [-0.1, -0.05) is 11.6 Å². The van der Waals surface area contributed by atoms with E-state index in [0.717, 1.165) is 5.56 Å². The molecule has 0 aliphatic rings. The fraction of sp³-hybridized carbons (Fsp3) is 0.111. The third-order valence-electron chi connectivity index (χ3n) is 1.65. The first kappa shape index (κ1) is 11.5. The van der Waals surface area contributed by atoms with E-state index in [1.807, 2.05) is 0 Å². The largest absolute Gasteiger partial charge is 0.369 e. The summed E-state index contributed by atoms with van der Waals surface area (Å²) in [5, 5.41) is 7.22. The number of halogens is 2. The molecule has 0 heterocycles. The maximum Gasteiger partial charge on any atom is 0.211 e. The van der Waals surface area contributed by atoms with Crippen LogP contribution in [0, 0.1) is 12.7 Å². The Balaban J connectivity index is 3.01. The smallest absolute Gasteiger partial charge is 0.211 e. The highest BCUT2D eigenvalue weighted by Crippen LogP contribution is 2.18. The van der Waals surface area contributed by atoms with Gasteiger partial charge in [0.2, 0.25) is 5.96 Å². The van der Waals surface area contributed by atoms with Crippen molar-refractivity contribution < 1.29 is 4.39 Å². The highest BCUT2D eigenvalue weighted by Gasteiger charge is 2.03. The van der Waals surface area contributed by atoms with Crippen LogP contribution in [0.1, 0.15) is 11.1 Å². The van der Waals surface area contributed by atoms with Crippen molar-refractivity contribution in [3.05, 3.63) is 34.1 Å². The summed E-state index contributed by atoms with van der Waals surface area (Å²) in [6.45, 7) is 1.76. The summed E-state index contributed by atoms with van der Waals surface area (Å²) in [6.07, 6.45) is 1.22. The lowest BCUT2D eigenvalue weighted by molar-refractivity contribution is 0.625. The van der Waals surface area contributed by atoms with Crippen molar-refractivity contribution in [2.75, 3.05) is 0 Å². The zero-order valence-electron chi connectivity index (χ0n) is 8.04. The van der Waals surface area contributed by atoms with Crippen molar-refractivity contribution in [3.8, 4) is 0 Å². The molecule has 0 aliphatic heterocycles. The molecular weight excluding hydrogens is 219 g/mol. The number of benzene rings is 1. The highest BCUT2D eigenvalue weighted by atomic mass is 35.5. The lowest BCUT2D eigenvalue weighted by Crippen LogP contribution is -2.21. The number of aryl methyl sites for hydroxylation is 1. The molecule has 4 nitrogen and oxygen atoms in total. The first-order valence-corrected chi connectivity index (χ1v) is 4.46. The van der Waals surface area contributed by atoms with E-state index in [2.05, 4.69) is 10.2 Å². The van der Waals surface area contributed by atoms with Gasteiger partial charge < -0.3 is 11.5 Å². The van der Waals surface area contributed by atoms with Gasteiger partial charge in [0, 0.05) is 10.6 Å². The van der Waals surface area contributed by atoms with Gasteiger partial charge >= 0.3 is 0 Å². The van der Waals surface area contributed by atoms with E-state index >= 15 is 0 Å². The molecule has 1 rings (SSSR count). The molecule has 0 amide bonds. The fourth-order valence-electron chi connectivity index (χ4n) is 0.936. The van der Waals surface area contributed by atoms with Crippen LogP contribution in [-0.4, -0.2) is 12.2 Å². The predicted molar refractivity (Wildman–Crippen MR) is 59.6 cm³/mol. The van der Waals surface area contributed by atoms with Gasteiger partial charge in [0.15, 0.2) is 0 Å². The molecule has 6 heteroatoms. The van der Waals surface area contributed by atoms with Gasteiger partial charge in [-0.25, -0.2) is 4.39 Å². The van der Waals surface area contributed by atoms with Crippen molar-refractivity contribution in [1.82, 2.24) is 0 Å². The molecule has 1 aromatic rings. The average Bonchev–Trinajstić information content (AvgIpc) is 2.13. The SMILES string of the molecule is Cc1cc(C=NN=C(N)N)c(F)cc1Cl. The Kier molecular flexibility index (Phi) is 3.62. The van der Waals surface area contributed by atoms with Crippen molar-refractivity contribution in [2.24, 2.45) is 21.7 Å². The zero-order chi connectivity index (χ0) is 11.4.